The van der Waals surface area contributed by atoms with Crippen LogP contribution in [0.5, 0.6) is 0 Å². The number of benzene rings is 1. The van der Waals surface area contributed by atoms with Gasteiger partial charge in [0.05, 0.1) is 6.42 Å². The minimum atomic E-state index is 0.101. The lowest BCUT2D eigenvalue weighted by molar-refractivity contribution is 0.0990. The summed E-state index contributed by atoms with van der Waals surface area (Å²) in [5.41, 5.74) is 1.77. The number of imidazole rings is 1. The minimum Gasteiger partial charge on any atom is -0.378 e. The minimum absolute atomic E-state index is 0.101. The summed E-state index contributed by atoms with van der Waals surface area (Å²) in [6.45, 7) is 2.88. The van der Waals surface area contributed by atoms with E-state index in [9.17, 15) is 4.79 Å². The van der Waals surface area contributed by atoms with Crippen LogP contribution in [0, 0.1) is 0 Å². The normalized spacial score (nSPS) is 10.5. The maximum atomic E-state index is 12.3. The highest BCUT2D eigenvalue weighted by atomic mass is 16.1. The van der Waals surface area contributed by atoms with E-state index < -0.39 is 0 Å². The summed E-state index contributed by atoms with van der Waals surface area (Å²) in [6, 6.07) is 7.68. The number of aromatic nitrogens is 2. The van der Waals surface area contributed by atoms with Crippen molar-refractivity contribution in [3.8, 4) is 0 Å². The molecular weight excluding hydrogens is 238 g/mol. The number of hydrogen-bond acceptors (Lipinski definition) is 3. The highest BCUT2D eigenvalue weighted by Gasteiger charge is 2.11. The van der Waals surface area contributed by atoms with Gasteiger partial charge < -0.3 is 9.47 Å². The maximum absolute atomic E-state index is 12.3. The van der Waals surface area contributed by atoms with Gasteiger partial charge in [0.15, 0.2) is 5.78 Å². The molecule has 0 spiro atoms. The highest BCUT2D eigenvalue weighted by Crippen LogP contribution is 2.15. The quantitative estimate of drug-likeness (QED) is 0.772. The van der Waals surface area contributed by atoms with E-state index in [2.05, 4.69) is 4.98 Å². The van der Waals surface area contributed by atoms with Crippen LogP contribution in [0.2, 0.25) is 0 Å². The predicted octanol–water partition coefficient (Wildman–Crippen LogP) is 2.39. The van der Waals surface area contributed by atoms with Crippen molar-refractivity contribution in [2.45, 2.75) is 19.9 Å². The van der Waals surface area contributed by atoms with Crippen LogP contribution in [0.4, 0.5) is 5.69 Å². The molecule has 2 rings (SSSR count). The zero-order valence-corrected chi connectivity index (χ0v) is 11.6. The smallest absolute Gasteiger partial charge is 0.170 e. The molecule has 0 aliphatic rings. The Morgan fingerprint density at radius 2 is 2.16 bits per heavy atom. The van der Waals surface area contributed by atoms with Crippen molar-refractivity contribution in [3.63, 3.8) is 0 Å². The van der Waals surface area contributed by atoms with Crippen molar-refractivity contribution in [2.75, 3.05) is 19.0 Å². The first-order valence-electron chi connectivity index (χ1n) is 6.42. The van der Waals surface area contributed by atoms with Crippen molar-refractivity contribution in [3.05, 3.63) is 48.0 Å². The van der Waals surface area contributed by atoms with Crippen molar-refractivity contribution in [1.82, 2.24) is 9.55 Å². The Morgan fingerprint density at radius 3 is 2.84 bits per heavy atom. The number of anilines is 1. The van der Waals surface area contributed by atoms with Gasteiger partial charge in [0, 0.05) is 44.3 Å². The Hall–Kier alpha value is -2.10. The van der Waals surface area contributed by atoms with Gasteiger partial charge in [-0.3, -0.25) is 4.79 Å². The van der Waals surface area contributed by atoms with Crippen LogP contribution in [-0.4, -0.2) is 29.4 Å². The summed E-state index contributed by atoms with van der Waals surface area (Å²) in [6.07, 6.45) is 3.99. The van der Waals surface area contributed by atoms with Gasteiger partial charge in [-0.2, -0.15) is 0 Å². The fraction of sp³-hybridized carbons (Fsp3) is 0.333. The van der Waals surface area contributed by atoms with E-state index in [0.29, 0.717) is 6.42 Å². The lowest BCUT2D eigenvalue weighted by Gasteiger charge is -2.13. The Labute approximate surface area is 113 Å². The van der Waals surface area contributed by atoms with Crippen molar-refractivity contribution < 1.29 is 4.79 Å². The summed E-state index contributed by atoms with van der Waals surface area (Å²) < 4.78 is 1.99. The maximum Gasteiger partial charge on any atom is 0.170 e. The largest absolute Gasteiger partial charge is 0.378 e. The molecule has 0 aliphatic heterocycles. The van der Waals surface area contributed by atoms with Crippen LogP contribution in [0.1, 0.15) is 23.1 Å². The number of rotatable bonds is 5. The molecule has 1 aromatic carbocycles. The van der Waals surface area contributed by atoms with Crippen LogP contribution in [-0.2, 0) is 13.0 Å². The molecule has 0 saturated heterocycles. The molecule has 4 nitrogen and oxygen atoms in total. The lowest BCUT2D eigenvalue weighted by Crippen LogP contribution is -2.12. The third-order valence-corrected chi connectivity index (χ3v) is 3.15. The second-order valence-electron chi connectivity index (χ2n) is 4.67. The second-order valence-corrected chi connectivity index (χ2v) is 4.67. The summed E-state index contributed by atoms with van der Waals surface area (Å²) in [4.78, 5) is 18.5. The number of ketones is 1. The fourth-order valence-electron chi connectivity index (χ4n) is 2.00. The fourth-order valence-corrected chi connectivity index (χ4v) is 2.00. The van der Waals surface area contributed by atoms with Gasteiger partial charge in [0.2, 0.25) is 0 Å². The number of Topliss-reactive ketones (excluding diaryl/α,β-unsaturated/α-hetero) is 1. The molecule has 0 N–H and O–H groups in total. The molecule has 4 heteroatoms. The molecule has 1 aromatic heterocycles. The van der Waals surface area contributed by atoms with Gasteiger partial charge in [0.25, 0.3) is 0 Å². The first kappa shape index (κ1) is 13.3. The predicted molar refractivity (Wildman–Crippen MR) is 76.7 cm³/mol. The molecule has 1 heterocycles. The van der Waals surface area contributed by atoms with E-state index in [-0.39, 0.29) is 5.78 Å². The van der Waals surface area contributed by atoms with E-state index in [0.717, 1.165) is 23.6 Å². The van der Waals surface area contributed by atoms with Crippen LogP contribution in [0.15, 0.2) is 36.7 Å². The third kappa shape index (κ3) is 3.02. The first-order valence-corrected chi connectivity index (χ1v) is 6.42. The molecule has 0 radical (unpaired) electrons. The van der Waals surface area contributed by atoms with E-state index >= 15 is 0 Å². The molecule has 0 amide bonds. The number of hydrogen-bond donors (Lipinski definition) is 0. The van der Waals surface area contributed by atoms with Gasteiger partial charge in [-0.15, -0.1) is 0 Å². The molecule has 100 valence electrons. The van der Waals surface area contributed by atoms with E-state index in [4.69, 9.17) is 0 Å². The second kappa shape index (κ2) is 5.69. The van der Waals surface area contributed by atoms with Gasteiger partial charge in [-0.25, -0.2) is 4.98 Å². The Morgan fingerprint density at radius 1 is 1.37 bits per heavy atom. The summed E-state index contributed by atoms with van der Waals surface area (Å²) in [5, 5.41) is 0. The molecule has 0 fully saturated rings. The first-order chi connectivity index (χ1) is 9.11. The zero-order chi connectivity index (χ0) is 13.8. The van der Waals surface area contributed by atoms with Crippen molar-refractivity contribution in [1.29, 1.82) is 0 Å². The van der Waals surface area contributed by atoms with Gasteiger partial charge >= 0.3 is 0 Å². The Kier molecular flexibility index (Phi) is 4.00. The van der Waals surface area contributed by atoms with Crippen LogP contribution >= 0.6 is 0 Å². The van der Waals surface area contributed by atoms with E-state index in [1.807, 2.05) is 60.9 Å². The average molecular weight is 257 g/mol. The van der Waals surface area contributed by atoms with E-state index in [1.165, 1.54) is 0 Å². The van der Waals surface area contributed by atoms with Gasteiger partial charge in [0.1, 0.15) is 5.82 Å². The third-order valence-electron chi connectivity index (χ3n) is 3.15. The summed E-state index contributed by atoms with van der Waals surface area (Å²) in [7, 11) is 3.93. The summed E-state index contributed by atoms with van der Waals surface area (Å²) in [5.74, 6) is 0.923. The van der Waals surface area contributed by atoms with Crippen LogP contribution in [0.25, 0.3) is 0 Å². The van der Waals surface area contributed by atoms with Gasteiger partial charge in [-0.05, 0) is 19.1 Å². The monoisotopic (exact) mass is 257 g/mol. The molecule has 19 heavy (non-hydrogen) atoms. The van der Waals surface area contributed by atoms with E-state index in [1.54, 1.807) is 6.20 Å². The molecule has 0 aliphatic carbocycles. The van der Waals surface area contributed by atoms with Crippen LogP contribution < -0.4 is 4.90 Å². The number of carbonyl (C=O) groups is 1. The molecule has 0 atom stereocenters. The number of nitrogens with zero attached hydrogens (tertiary/aromatic N) is 3. The molecular formula is C15H19N3O. The highest BCUT2D eigenvalue weighted by molar-refractivity contribution is 5.97. The van der Waals surface area contributed by atoms with Crippen molar-refractivity contribution in [2.24, 2.45) is 0 Å². The van der Waals surface area contributed by atoms with Crippen molar-refractivity contribution >= 4 is 11.5 Å². The Bertz CT molecular complexity index is 572. The molecule has 0 unspecified atom stereocenters. The SMILES string of the molecule is CCn1ccnc1CC(=O)c1cccc(N(C)C)c1. The van der Waals surface area contributed by atoms with Crippen LogP contribution in [0.3, 0.4) is 0 Å². The zero-order valence-electron chi connectivity index (χ0n) is 11.6. The topological polar surface area (TPSA) is 38.1 Å². The number of aryl methyl sites for hydroxylation is 1. The molecule has 0 bridgehead atoms. The molecule has 2 aromatic rings. The Balaban J connectivity index is 2.18. The average Bonchev–Trinajstić information content (AvgIpc) is 2.86. The summed E-state index contributed by atoms with van der Waals surface area (Å²) >= 11 is 0. The van der Waals surface area contributed by atoms with Gasteiger partial charge in [-0.1, -0.05) is 12.1 Å². The molecule has 0 saturated carbocycles. The standard InChI is InChI=1S/C15H19N3O/c1-4-18-9-8-16-15(18)11-14(19)12-6-5-7-13(10-12)17(2)3/h5-10H,4,11H2,1-3H3. The number of carbonyl (C=O) groups excluding carboxylic acids is 1. The lowest BCUT2D eigenvalue weighted by atomic mass is 10.1.